The minimum absolute atomic E-state index is 0.0665. The predicted octanol–water partition coefficient (Wildman–Crippen LogP) is 3.68. The van der Waals surface area contributed by atoms with Crippen LogP contribution in [-0.4, -0.2) is 40.1 Å². The van der Waals surface area contributed by atoms with Gasteiger partial charge in [-0.25, -0.2) is 13.1 Å². The normalized spacial score (nSPS) is 11.4. The van der Waals surface area contributed by atoms with Crippen LogP contribution in [0.15, 0.2) is 29.2 Å². The summed E-state index contributed by atoms with van der Waals surface area (Å²) in [6.45, 7) is 5.42. The lowest BCUT2D eigenvalue weighted by Crippen LogP contribution is -2.29. The van der Waals surface area contributed by atoms with Gasteiger partial charge < -0.3 is 14.8 Å². The molecule has 2 aromatic rings. The first kappa shape index (κ1) is 27.2. The molecule has 0 heterocycles. The van der Waals surface area contributed by atoms with Gasteiger partial charge in [0, 0.05) is 12.2 Å². The number of esters is 1. The standard InChI is InChI=1S/C23H28F2N2O6S/c1-13-14(2)16(4)22(17(5)15(13)3)34(30,31)26-11-10-21(29)32-12-20(28)27-18-6-8-19(9-7-18)33-23(24)25/h6-9,23,26H,10-12H2,1-5H3,(H,27,28). The van der Waals surface area contributed by atoms with E-state index in [1.54, 1.807) is 13.8 Å². The molecule has 0 saturated heterocycles. The Labute approximate surface area is 197 Å². The van der Waals surface area contributed by atoms with Crippen LogP contribution < -0.4 is 14.8 Å². The maximum absolute atomic E-state index is 12.8. The smallest absolute Gasteiger partial charge is 0.387 e. The number of hydrogen-bond donors (Lipinski definition) is 2. The summed E-state index contributed by atoms with van der Waals surface area (Å²) in [5, 5.41) is 2.44. The Kier molecular flexibility index (Phi) is 9.11. The average molecular weight is 499 g/mol. The van der Waals surface area contributed by atoms with Crippen molar-refractivity contribution in [1.29, 1.82) is 0 Å². The van der Waals surface area contributed by atoms with Crippen molar-refractivity contribution < 1.29 is 36.3 Å². The second-order valence-corrected chi connectivity index (χ2v) is 9.42. The number of rotatable bonds is 10. The van der Waals surface area contributed by atoms with Gasteiger partial charge in [-0.2, -0.15) is 8.78 Å². The molecule has 0 spiro atoms. The number of carbonyl (C=O) groups is 2. The van der Waals surface area contributed by atoms with Crippen LogP contribution in [0.1, 0.15) is 34.2 Å². The molecule has 2 rings (SSSR count). The second-order valence-electron chi connectivity index (χ2n) is 7.71. The lowest BCUT2D eigenvalue weighted by molar-refractivity contribution is -0.147. The zero-order valence-electron chi connectivity index (χ0n) is 19.6. The van der Waals surface area contributed by atoms with E-state index in [2.05, 4.69) is 14.8 Å². The quantitative estimate of drug-likeness (QED) is 0.484. The van der Waals surface area contributed by atoms with Gasteiger partial charge in [-0.3, -0.25) is 9.59 Å². The Balaban J connectivity index is 1.85. The largest absolute Gasteiger partial charge is 0.456 e. The fraction of sp³-hybridized carbons (Fsp3) is 0.391. The lowest BCUT2D eigenvalue weighted by atomic mass is 9.95. The Hall–Kier alpha value is -3.05. The third-order valence-electron chi connectivity index (χ3n) is 5.55. The molecule has 11 heteroatoms. The number of nitrogens with one attached hydrogen (secondary N) is 2. The first-order valence-corrected chi connectivity index (χ1v) is 11.9. The van der Waals surface area contributed by atoms with Gasteiger partial charge in [0.25, 0.3) is 5.91 Å². The second kappa shape index (κ2) is 11.4. The van der Waals surface area contributed by atoms with Crippen LogP contribution in [0.25, 0.3) is 0 Å². The van der Waals surface area contributed by atoms with E-state index in [4.69, 9.17) is 4.74 Å². The van der Waals surface area contributed by atoms with Crippen LogP contribution in [-0.2, 0) is 24.3 Å². The minimum atomic E-state index is -3.86. The molecule has 2 N–H and O–H groups in total. The molecule has 0 saturated carbocycles. The van der Waals surface area contributed by atoms with Gasteiger partial charge in [-0.05, 0) is 86.7 Å². The molecule has 2 aromatic carbocycles. The Bertz CT molecular complexity index is 1140. The molecule has 186 valence electrons. The van der Waals surface area contributed by atoms with Crippen molar-refractivity contribution in [2.24, 2.45) is 0 Å². The zero-order valence-corrected chi connectivity index (χ0v) is 20.4. The maximum Gasteiger partial charge on any atom is 0.387 e. The number of benzene rings is 2. The lowest BCUT2D eigenvalue weighted by Gasteiger charge is -2.19. The Morgan fingerprint density at radius 3 is 1.97 bits per heavy atom. The van der Waals surface area contributed by atoms with E-state index in [-0.39, 0.29) is 23.6 Å². The molecule has 0 atom stereocenters. The van der Waals surface area contributed by atoms with Gasteiger partial charge in [-0.15, -0.1) is 0 Å². The van der Waals surface area contributed by atoms with Crippen LogP contribution in [0.4, 0.5) is 14.5 Å². The summed E-state index contributed by atoms with van der Waals surface area (Å²) in [6, 6.07) is 5.20. The number of carbonyl (C=O) groups excluding carboxylic acids is 2. The molecular formula is C23H28F2N2O6S. The molecule has 0 aliphatic carbocycles. The van der Waals surface area contributed by atoms with Crippen LogP contribution in [0, 0.1) is 34.6 Å². The summed E-state index contributed by atoms with van der Waals surface area (Å²) in [5.41, 5.74) is 4.43. The highest BCUT2D eigenvalue weighted by molar-refractivity contribution is 7.89. The topological polar surface area (TPSA) is 111 Å². The molecule has 8 nitrogen and oxygen atoms in total. The fourth-order valence-corrected chi connectivity index (χ4v) is 4.99. The maximum atomic E-state index is 12.8. The zero-order chi connectivity index (χ0) is 25.6. The summed E-state index contributed by atoms with van der Waals surface area (Å²) in [5.74, 6) is -1.47. The SMILES string of the molecule is Cc1c(C)c(C)c(S(=O)(=O)NCCC(=O)OCC(=O)Nc2ccc(OC(F)F)cc2)c(C)c1C. The molecule has 0 aliphatic heterocycles. The summed E-state index contributed by atoms with van der Waals surface area (Å²) in [7, 11) is -3.86. The van der Waals surface area contributed by atoms with Crippen LogP contribution >= 0.6 is 0 Å². The van der Waals surface area contributed by atoms with Gasteiger partial charge in [0.2, 0.25) is 10.0 Å². The van der Waals surface area contributed by atoms with Gasteiger partial charge in [0.15, 0.2) is 6.61 Å². The van der Waals surface area contributed by atoms with Crippen molar-refractivity contribution in [3.05, 3.63) is 52.1 Å². The molecular weight excluding hydrogens is 470 g/mol. The number of sulfonamides is 1. The molecule has 0 radical (unpaired) electrons. The molecule has 0 bridgehead atoms. The highest BCUT2D eigenvalue weighted by Crippen LogP contribution is 2.29. The van der Waals surface area contributed by atoms with E-state index in [0.29, 0.717) is 16.8 Å². The fourth-order valence-electron chi connectivity index (χ4n) is 3.36. The van der Waals surface area contributed by atoms with E-state index in [9.17, 15) is 26.8 Å². The van der Waals surface area contributed by atoms with Crippen molar-refractivity contribution in [2.45, 2.75) is 52.5 Å². The van der Waals surface area contributed by atoms with Gasteiger partial charge >= 0.3 is 12.6 Å². The molecule has 34 heavy (non-hydrogen) atoms. The first-order valence-electron chi connectivity index (χ1n) is 10.4. The van der Waals surface area contributed by atoms with E-state index in [1.165, 1.54) is 24.3 Å². The van der Waals surface area contributed by atoms with Crippen LogP contribution in [0.5, 0.6) is 5.75 Å². The van der Waals surface area contributed by atoms with Gasteiger partial charge in [0.05, 0.1) is 11.3 Å². The number of hydrogen-bond acceptors (Lipinski definition) is 6. The third-order valence-corrected chi connectivity index (χ3v) is 7.28. The monoisotopic (exact) mass is 498 g/mol. The Morgan fingerprint density at radius 2 is 1.44 bits per heavy atom. The summed E-state index contributed by atoms with van der Waals surface area (Å²) in [4.78, 5) is 24.0. The van der Waals surface area contributed by atoms with Crippen molar-refractivity contribution in [3.63, 3.8) is 0 Å². The molecule has 0 aliphatic rings. The molecule has 1 amide bonds. The summed E-state index contributed by atoms with van der Waals surface area (Å²) < 4.78 is 61.5. The van der Waals surface area contributed by atoms with Crippen molar-refractivity contribution in [2.75, 3.05) is 18.5 Å². The third kappa shape index (κ3) is 6.97. The first-order chi connectivity index (χ1) is 15.8. The van der Waals surface area contributed by atoms with E-state index < -0.39 is 35.1 Å². The number of alkyl halides is 2. The summed E-state index contributed by atoms with van der Waals surface area (Å²) in [6.07, 6.45) is -0.270. The minimum Gasteiger partial charge on any atom is -0.456 e. The van der Waals surface area contributed by atoms with Crippen molar-refractivity contribution >= 4 is 27.6 Å². The van der Waals surface area contributed by atoms with E-state index in [1.807, 2.05) is 20.8 Å². The molecule has 0 aromatic heterocycles. The molecule has 0 fully saturated rings. The average Bonchev–Trinajstić information content (AvgIpc) is 2.75. The number of ether oxygens (including phenoxy) is 2. The summed E-state index contributed by atoms with van der Waals surface area (Å²) >= 11 is 0. The van der Waals surface area contributed by atoms with Gasteiger partial charge in [0.1, 0.15) is 5.75 Å². The van der Waals surface area contributed by atoms with Crippen LogP contribution in [0.2, 0.25) is 0 Å². The number of amides is 1. The number of halogens is 2. The predicted molar refractivity (Wildman–Crippen MR) is 123 cm³/mol. The van der Waals surface area contributed by atoms with Crippen LogP contribution in [0.3, 0.4) is 0 Å². The highest BCUT2D eigenvalue weighted by Gasteiger charge is 2.23. The van der Waals surface area contributed by atoms with Crippen molar-refractivity contribution in [1.82, 2.24) is 4.72 Å². The molecule has 0 unspecified atom stereocenters. The van der Waals surface area contributed by atoms with Crippen molar-refractivity contribution in [3.8, 4) is 5.75 Å². The Morgan fingerprint density at radius 1 is 0.912 bits per heavy atom. The highest BCUT2D eigenvalue weighted by atomic mass is 32.2. The van der Waals surface area contributed by atoms with E-state index >= 15 is 0 Å². The van der Waals surface area contributed by atoms with Gasteiger partial charge in [-0.1, -0.05) is 0 Å². The van der Waals surface area contributed by atoms with E-state index in [0.717, 1.165) is 16.7 Å². The number of anilines is 1.